The molecule has 0 fully saturated rings. The average molecular weight is 458 g/mol. The number of benzene rings is 1. The van der Waals surface area contributed by atoms with E-state index in [1.165, 1.54) is 12.1 Å². The van der Waals surface area contributed by atoms with Crippen LogP contribution in [0.1, 0.15) is 17.3 Å². The second kappa shape index (κ2) is 11.9. The largest absolute Gasteiger partial charge is 0.478 e. The molecule has 0 unspecified atom stereocenters. The molecule has 7 N–H and O–H groups in total. The summed E-state index contributed by atoms with van der Waals surface area (Å²) in [5.74, 6) is -0.332. The first-order valence-electron chi connectivity index (χ1n) is 9.13. The van der Waals surface area contributed by atoms with Crippen LogP contribution < -0.4 is 20.3 Å². The minimum Gasteiger partial charge on any atom is -0.478 e. The first-order valence-corrected chi connectivity index (χ1v) is 10.8. The van der Waals surface area contributed by atoms with Crippen molar-refractivity contribution >= 4 is 39.5 Å². The molecule has 172 valence electrons. The lowest BCUT2D eigenvalue weighted by Crippen LogP contribution is -2.34. The van der Waals surface area contributed by atoms with Gasteiger partial charge in [-0.05, 0) is 31.2 Å². The molecule has 0 saturated heterocycles. The van der Waals surface area contributed by atoms with Crippen molar-refractivity contribution < 1.29 is 28.9 Å². The molecule has 0 aliphatic heterocycles. The lowest BCUT2D eigenvalue weighted by molar-refractivity contribution is 0.0697. The van der Waals surface area contributed by atoms with E-state index in [0.29, 0.717) is 12.2 Å². The molecule has 2 aromatic rings. The fourth-order valence-corrected chi connectivity index (χ4v) is 2.84. The maximum Gasteiger partial charge on any atom is 0.335 e. The standard InChI is InChI=1S/C17H25N7O5S.H2O/c1-3-30(28,29)19-8-10-24(2)17-22-15(18-9-11-25)21-16(23-17)20-13-6-4-12(5-7-13)14(26)27;/h4-7,19,25H,3,8-11H2,1-2H3,(H,26,27)(H2,18,20,21,22,23);1H2. The van der Waals surface area contributed by atoms with Crippen LogP contribution in [-0.4, -0.2) is 84.1 Å². The number of anilines is 4. The Morgan fingerprint density at radius 2 is 1.74 bits per heavy atom. The number of rotatable bonds is 12. The molecule has 1 heterocycles. The van der Waals surface area contributed by atoms with E-state index in [4.69, 9.17) is 10.2 Å². The predicted octanol–water partition coefficient (Wildman–Crippen LogP) is -0.732. The van der Waals surface area contributed by atoms with Crippen molar-refractivity contribution in [2.75, 3.05) is 54.6 Å². The number of sulfonamides is 1. The normalized spacial score (nSPS) is 10.8. The van der Waals surface area contributed by atoms with Crippen LogP contribution in [0.5, 0.6) is 0 Å². The van der Waals surface area contributed by atoms with Gasteiger partial charge in [-0.25, -0.2) is 17.9 Å². The lowest BCUT2D eigenvalue weighted by Gasteiger charge is -2.19. The van der Waals surface area contributed by atoms with Crippen molar-refractivity contribution in [3.8, 4) is 0 Å². The highest BCUT2D eigenvalue weighted by molar-refractivity contribution is 7.89. The number of carbonyl (C=O) groups is 1. The third-order valence-electron chi connectivity index (χ3n) is 3.90. The van der Waals surface area contributed by atoms with Gasteiger partial charge in [-0.1, -0.05) is 0 Å². The number of aromatic nitrogens is 3. The molecule has 0 saturated carbocycles. The first kappa shape index (κ1) is 26.0. The maximum atomic E-state index is 11.6. The fraction of sp³-hybridized carbons (Fsp3) is 0.412. The van der Waals surface area contributed by atoms with Crippen LogP contribution >= 0.6 is 0 Å². The highest BCUT2D eigenvalue weighted by atomic mass is 32.2. The Kier molecular flexibility index (Phi) is 10.0. The van der Waals surface area contributed by atoms with Gasteiger partial charge in [-0.2, -0.15) is 15.0 Å². The summed E-state index contributed by atoms with van der Waals surface area (Å²) in [6.07, 6.45) is 0. The monoisotopic (exact) mass is 457 g/mol. The minimum absolute atomic E-state index is 0. The molecule has 1 aromatic heterocycles. The summed E-state index contributed by atoms with van der Waals surface area (Å²) in [5, 5.41) is 23.8. The SMILES string of the molecule is CCS(=O)(=O)NCCN(C)c1nc(NCCO)nc(Nc2ccc(C(=O)O)cc2)n1.O. The Bertz CT molecular complexity index is 956. The van der Waals surface area contributed by atoms with Crippen LogP contribution in [-0.2, 0) is 10.0 Å². The third-order valence-corrected chi connectivity index (χ3v) is 5.30. The first-order chi connectivity index (χ1) is 14.2. The zero-order chi connectivity index (χ0) is 22.1. The van der Waals surface area contributed by atoms with Gasteiger partial charge < -0.3 is 31.2 Å². The number of carboxylic acid groups (broad SMARTS) is 1. The molecule has 2 rings (SSSR count). The number of nitrogens with one attached hydrogen (secondary N) is 3. The number of carboxylic acids is 1. The summed E-state index contributed by atoms with van der Waals surface area (Å²) in [6.45, 7) is 2.16. The summed E-state index contributed by atoms with van der Waals surface area (Å²) >= 11 is 0. The maximum absolute atomic E-state index is 11.6. The van der Waals surface area contributed by atoms with E-state index < -0.39 is 16.0 Å². The molecule has 13 nitrogen and oxygen atoms in total. The molecule has 0 bridgehead atoms. The van der Waals surface area contributed by atoms with Gasteiger partial charge in [0.25, 0.3) is 0 Å². The van der Waals surface area contributed by atoms with Crippen molar-refractivity contribution in [2.24, 2.45) is 0 Å². The Hall–Kier alpha value is -3.07. The van der Waals surface area contributed by atoms with Crippen molar-refractivity contribution in [1.82, 2.24) is 19.7 Å². The number of aromatic carboxylic acids is 1. The minimum atomic E-state index is -3.30. The van der Waals surface area contributed by atoms with Gasteiger partial charge in [0, 0.05) is 32.4 Å². The fourth-order valence-electron chi connectivity index (χ4n) is 2.23. The number of likely N-dealkylation sites (N-methyl/N-ethyl adjacent to an activating group) is 1. The Morgan fingerprint density at radius 3 is 2.32 bits per heavy atom. The third kappa shape index (κ3) is 8.29. The van der Waals surface area contributed by atoms with Gasteiger partial charge in [-0.3, -0.25) is 0 Å². The van der Waals surface area contributed by atoms with Crippen molar-refractivity contribution in [2.45, 2.75) is 6.92 Å². The second-order valence-corrected chi connectivity index (χ2v) is 8.26. The molecular formula is C17H27N7O6S. The van der Waals surface area contributed by atoms with E-state index >= 15 is 0 Å². The van der Waals surface area contributed by atoms with Gasteiger partial charge in [0.2, 0.25) is 27.9 Å². The van der Waals surface area contributed by atoms with Gasteiger partial charge in [-0.15, -0.1) is 0 Å². The molecule has 0 atom stereocenters. The highest BCUT2D eigenvalue weighted by Gasteiger charge is 2.13. The molecule has 0 radical (unpaired) electrons. The van der Waals surface area contributed by atoms with Crippen LogP contribution in [0.4, 0.5) is 23.5 Å². The van der Waals surface area contributed by atoms with Crippen LogP contribution in [0, 0.1) is 0 Å². The number of aliphatic hydroxyl groups is 1. The number of hydrogen-bond donors (Lipinski definition) is 5. The second-order valence-electron chi connectivity index (χ2n) is 6.16. The molecule has 0 aliphatic rings. The molecule has 31 heavy (non-hydrogen) atoms. The van der Waals surface area contributed by atoms with Gasteiger partial charge in [0.05, 0.1) is 17.9 Å². The van der Waals surface area contributed by atoms with Gasteiger partial charge in [0.15, 0.2) is 0 Å². The summed E-state index contributed by atoms with van der Waals surface area (Å²) in [5.41, 5.74) is 0.722. The van der Waals surface area contributed by atoms with Crippen molar-refractivity contribution in [3.63, 3.8) is 0 Å². The summed E-state index contributed by atoms with van der Waals surface area (Å²) < 4.78 is 25.6. The summed E-state index contributed by atoms with van der Waals surface area (Å²) in [4.78, 5) is 25.5. The zero-order valence-corrected chi connectivity index (χ0v) is 18.0. The molecule has 14 heteroatoms. The Morgan fingerprint density at radius 1 is 1.10 bits per heavy atom. The van der Waals surface area contributed by atoms with E-state index in [0.717, 1.165) is 0 Å². The molecule has 0 amide bonds. The highest BCUT2D eigenvalue weighted by Crippen LogP contribution is 2.18. The molecule has 0 spiro atoms. The zero-order valence-electron chi connectivity index (χ0n) is 17.2. The number of hydrogen-bond acceptors (Lipinski definition) is 10. The van der Waals surface area contributed by atoms with Crippen molar-refractivity contribution in [1.29, 1.82) is 0 Å². The van der Waals surface area contributed by atoms with E-state index in [9.17, 15) is 13.2 Å². The van der Waals surface area contributed by atoms with Crippen molar-refractivity contribution in [3.05, 3.63) is 29.8 Å². The van der Waals surface area contributed by atoms with E-state index in [1.807, 2.05) is 0 Å². The van der Waals surface area contributed by atoms with Crippen LogP contribution in [0.2, 0.25) is 0 Å². The quantitative estimate of drug-likeness (QED) is 0.269. The lowest BCUT2D eigenvalue weighted by atomic mass is 10.2. The smallest absolute Gasteiger partial charge is 0.335 e. The Labute approximate surface area is 179 Å². The molecule has 1 aromatic carbocycles. The molecular weight excluding hydrogens is 430 g/mol. The van der Waals surface area contributed by atoms with E-state index in [2.05, 4.69) is 30.3 Å². The molecule has 0 aliphatic carbocycles. The number of aliphatic hydroxyl groups excluding tert-OH is 1. The van der Waals surface area contributed by atoms with E-state index in [-0.39, 0.29) is 54.3 Å². The van der Waals surface area contributed by atoms with Gasteiger partial charge >= 0.3 is 5.97 Å². The Balaban J connectivity index is 0.00000480. The topological polar surface area (TPSA) is 201 Å². The van der Waals surface area contributed by atoms with Gasteiger partial charge in [0.1, 0.15) is 0 Å². The van der Waals surface area contributed by atoms with E-state index in [1.54, 1.807) is 31.0 Å². The summed E-state index contributed by atoms with van der Waals surface area (Å²) in [6, 6.07) is 6.06. The predicted molar refractivity (Wildman–Crippen MR) is 116 cm³/mol. The summed E-state index contributed by atoms with van der Waals surface area (Å²) in [7, 11) is -1.59. The van der Waals surface area contributed by atoms with Crippen LogP contribution in [0.3, 0.4) is 0 Å². The van der Waals surface area contributed by atoms with Crippen LogP contribution in [0.25, 0.3) is 0 Å². The average Bonchev–Trinajstić information content (AvgIpc) is 2.72. The van der Waals surface area contributed by atoms with Crippen LogP contribution in [0.15, 0.2) is 24.3 Å². The number of nitrogens with zero attached hydrogens (tertiary/aromatic N) is 4.